The summed E-state index contributed by atoms with van der Waals surface area (Å²) in [6, 6.07) is 1.49. The summed E-state index contributed by atoms with van der Waals surface area (Å²) in [5.74, 6) is 0.552. The van der Waals surface area contributed by atoms with E-state index >= 15 is 0 Å². The largest absolute Gasteiger partial charge is 0.477 e. The fourth-order valence-electron chi connectivity index (χ4n) is 4.80. The van der Waals surface area contributed by atoms with Gasteiger partial charge in [-0.1, -0.05) is 6.07 Å². The molecule has 1 aliphatic heterocycles. The van der Waals surface area contributed by atoms with Crippen molar-refractivity contribution in [2.75, 3.05) is 24.3 Å². The number of carbonyl (C=O) groups is 1. The number of carbonyl (C=O) groups excluding carboxylic acids is 1. The Morgan fingerprint density at radius 1 is 1.10 bits per heavy atom. The van der Waals surface area contributed by atoms with Gasteiger partial charge in [-0.25, -0.2) is 9.52 Å². The Morgan fingerprint density at radius 3 is 2.47 bits per heavy atom. The van der Waals surface area contributed by atoms with Gasteiger partial charge >= 0.3 is 6.03 Å². The number of benzene rings is 1. The zero-order chi connectivity index (χ0) is 20.9. The Labute approximate surface area is 175 Å². The lowest BCUT2D eigenvalue weighted by molar-refractivity contribution is 0.235. The zero-order valence-corrected chi connectivity index (χ0v) is 17.7. The average Bonchev–Trinajstić information content (AvgIpc) is 3.45. The fourth-order valence-corrected chi connectivity index (χ4v) is 5.79. The lowest BCUT2D eigenvalue weighted by Gasteiger charge is -2.18. The minimum absolute atomic E-state index is 0.160. The number of hydrogen-bond acceptors (Lipinski definition) is 6. The highest BCUT2D eigenvalue weighted by molar-refractivity contribution is 7.90. The summed E-state index contributed by atoms with van der Waals surface area (Å²) in [7, 11) is -2.53. The molecule has 3 aliphatic rings. The van der Waals surface area contributed by atoms with E-state index in [0.717, 1.165) is 61.8 Å². The quantitative estimate of drug-likeness (QED) is 0.684. The molecule has 0 spiro atoms. The number of hydrogen-bond donors (Lipinski definition) is 3. The molecular weight excluding hydrogens is 406 g/mol. The van der Waals surface area contributed by atoms with Gasteiger partial charge in [-0.15, -0.1) is 0 Å². The van der Waals surface area contributed by atoms with Crippen molar-refractivity contribution in [3.63, 3.8) is 0 Å². The molecule has 2 aromatic rings. The lowest BCUT2D eigenvalue weighted by Crippen LogP contribution is -2.35. The third kappa shape index (κ3) is 3.10. The standard InChI is InChI=1S/C20H25N5O4S/c1-21-19-23-17(18-25(19)9-4-10-29-18)30(27,28)24-20(26)22-16-14-7-2-5-12(14)11-13-6-3-8-15(13)16/h11H,2-10H2,1H3,(H,21,23)(H2,22,24,26). The zero-order valence-electron chi connectivity index (χ0n) is 16.9. The molecule has 0 atom stereocenters. The summed E-state index contributed by atoms with van der Waals surface area (Å²) in [6.45, 7) is 1.01. The molecule has 5 rings (SSSR count). The molecule has 0 radical (unpaired) electrons. The number of nitrogens with one attached hydrogen (secondary N) is 3. The molecule has 30 heavy (non-hydrogen) atoms. The van der Waals surface area contributed by atoms with E-state index in [2.05, 4.69) is 26.4 Å². The van der Waals surface area contributed by atoms with Crippen LogP contribution < -0.4 is 20.1 Å². The number of nitrogens with zero attached hydrogens (tertiary/aromatic N) is 2. The van der Waals surface area contributed by atoms with Gasteiger partial charge in [-0.3, -0.25) is 4.57 Å². The maximum atomic E-state index is 12.9. The van der Waals surface area contributed by atoms with Crippen molar-refractivity contribution in [3.05, 3.63) is 28.3 Å². The van der Waals surface area contributed by atoms with Crippen LogP contribution in [0.3, 0.4) is 0 Å². The van der Waals surface area contributed by atoms with E-state index in [-0.39, 0.29) is 10.9 Å². The van der Waals surface area contributed by atoms with Gasteiger partial charge in [-0.05, 0) is 67.2 Å². The molecule has 9 nitrogen and oxygen atoms in total. The van der Waals surface area contributed by atoms with Crippen LogP contribution in [0, 0.1) is 0 Å². The van der Waals surface area contributed by atoms with Crippen LogP contribution in [0.2, 0.25) is 0 Å². The van der Waals surface area contributed by atoms with Gasteiger partial charge in [0, 0.05) is 19.3 Å². The predicted octanol–water partition coefficient (Wildman–Crippen LogP) is 2.20. The summed E-state index contributed by atoms with van der Waals surface area (Å²) in [5, 5.41) is 5.45. The van der Waals surface area contributed by atoms with E-state index in [4.69, 9.17) is 4.74 Å². The molecule has 2 amide bonds. The van der Waals surface area contributed by atoms with Crippen LogP contribution in [-0.2, 0) is 42.3 Å². The van der Waals surface area contributed by atoms with E-state index in [1.165, 1.54) is 11.1 Å². The van der Waals surface area contributed by atoms with Crippen LogP contribution >= 0.6 is 0 Å². The first-order valence-corrected chi connectivity index (χ1v) is 11.9. The molecule has 0 unspecified atom stereocenters. The van der Waals surface area contributed by atoms with Crippen LogP contribution in [0.1, 0.15) is 41.5 Å². The van der Waals surface area contributed by atoms with Crippen LogP contribution in [0.25, 0.3) is 0 Å². The van der Waals surface area contributed by atoms with E-state index < -0.39 is 16.1 Å². The summed E-state index contributed by atoms with van der Waals surface area (Å²) in [6.07, 6.45) is 6.67. The van der Waals surface area contributed by atoms with Crippen molar-refractivity contribution in [3.8, 4) is 5.88 Å². The van der Waals surface area contributed by atoms with Crippen molar-refractivity contribution in [2.45, 2.75) is 56.5 Å². The number of aryl methyl sites for hydroxylation is 2. The minimum atomic E-state index is -4.20. The third-order valence-corrected chi connectivity index (χ3v) is 7.30. The van der Waals surface area contributed by atoms with Crippen molar-refractivity contribution < 1.29 is 17.9 Å². The number of imidazole rings is 1. The number of amides is 2. The second-order valence-electron chi connectivity index (χ2n) is 7.94. The van der Waals surface area contributed by atoms with Crippen LogP contribution in [-0.4, -0.2) is 37.7 Å². The summed E-state index contributed by atoms with van der Waals surface area (Å²) in [4.78, 5) is 16.9. The number of rotatable bonds is 4. The van der Waals surface area contributed by atoms with Gasteiger partial charge in [0.05, 0.1) is 6.61 Å². The smallest absolute Gasteiger partial charge is 0.333 e. The summed E-state index contributed by atoms with van der Waals surface area (Å²) >= 11 is 0. The molecule has 0 fully saturated rings. The fraction of sp³-hybridized carbons (Fsp3) is 0.500. The van der Waals surface area contributed by atoms with E-state index in [9.17, 15) is 13.2 Å². The summed E-state index contributed by atoms with van der Waals surface area (Å²) < 4.78 is 35.2. The van der Waals surface area contributed by atoms with Gasteiger partial charge in [0.1, 0.15) is 0 Å². The highest BCUT2D eigenvalue weighted by Gasteiger charge is 2.32. The van der Waals surface area contributed by atoms with Gasteiger partial charge < -0.3 is 15.4 Å². The Bertz CT molecular complexity index is 1110. The monoisotopic (exact) mass is 431 g/mol. The van der Waals surface area contributed by atoms with Crippen LogP contribution in [0.15, 0.2) is 11.1 Å². The molecule has 1 aromatic heterocycles. The number of sulfonamides is 1. The Hall–Kier alpha value is -2.75. The Kier molecular flexibility index (Phi) is 4.61. The highest BCUT2D eigenvalue weighted by atomic mass is 32.2. The molecule has 2 heterocycles. The van der Waals surface area contributed by atoms with Crippen molar-refractivity contribution >= 4 is 27.7 Å². The molecule has 0 saturated heterocycles. The number of anilines is 2. The Balaban J connectivity index is 1.43. The molecule has 2 aliphatic carbocycles. The van der Waals surface area contributed by atoms with Crippen molar-refractivity contribution in [2.24, 2.45) is 0 Å². The lowest BCUT2D eigenvalue weighted by atomic mass is 9.99. The molecular formula is C20H25N5O4S. The SMILES string of the molecule is CNc1nc(S(=O)(=O)NC(=O)Nc2c3c(cc4c2CCC4)CCC3)c2n1CCCO2. The Morgan fingerprint density at radius 2 is 1.80 bits per heavy atom. The topological polar surface area (TPSA) is 114 Å². The molecule has 10 heteroatoms. The average molecular weight is 432 g/mol. The molecule has 0 bridgehead atoms. The van der Waals surface area contributed by atoms with Crippen LogP contribution in [0.5, 0.6) is 5.88 Å². The number of aromatic nitrogens is 2. The number of urea groups is 1. The first-order chi connectivity index (χ1) is 14.5. The second kappa shape index (κ2) is 7.19. The van der Waals surface area contributed by atoms with Crippen molar-refractivity contribution in [1.29, 1.82) is 0 Å². The van der Waals surface area contributed by atoms with Crippen molar-refractivity contribution in [1.82, 2.24) is 14.3 Å². The summed E-state index contributed by atoms with van der Waals surface area (Å²) in [5.41, 5.74) is 5.61. The van der Waals surface area contributed by atoms with E-state index in [1.807, 2.05) is 0 Å². The van der Waals surface area contributed by atoms with Crippen LogP contribution in [0.4, 0.5) is 16.4 Å². The normalized spacial score (nSPS) is 17.0. The first-order valence-electron chi connectivity index (χ1n) is 10.4. The van der Waals surface area contributed by atoms with Gasteiger partial charge in [0.15, 0.2) is 0 Å². The maximum absolute atomic E-state index is 12.9. The maximum Gasteiger partial charge on any atom is 0.333 e. The predicted molar refractivity (Wildman–Crippen MR) is 112 cm³/mol. The minimum Gasteiger partial charge on any atom is -0.477 e. The molecule has 3 N–H and O–H groups in total. The van der Waals surface area contributed by atoms with E-state index in [0.29, 0.717) is 19.1 Å². The first kappa shape index (κ1) is 19.2. The molecule has 0 saturated carbocycles. The third-order valence-electron chi connectivity index (χ3n) is 6.07. The number of ether oxygens (including phenoxy) is 1. The number of fused-ring (bicyclic) bond motifs is 3. The van der Waals surface area contributed by atoms with E-state index in [1.54, 1.807) is 11.6 Å². The molecule has 160 valence electrons. The second-order valence-corrected chi connectivity index (χ2v) is 9.54. The molecule has 1 aromatic carbocycles. The van der Waals surface area contributed by atoms with Gasteiger partial charge in [-0.2, -0.15) is 13.4 Å². The van der Waals surface area contributed by atoms with Gasteiger partial charge in [0.25, 0.3) is 10.0 Å². The van der Waals surface area contributed by atoms with Gasteiger partial charge in [0.2, 0.25) is 16.9 Å². The highest BCUT2D eigenvalue weighted by Crippen LogP contribution is 2.38.